The minimum Gasteiger partial charge on any atom is -0.481 e. The fourth-order valence-electron chi connectivity index (χ4n) is 3.53. The zero-order chi connectivity index (χ0) is 17.8. The van der Waals surface area contributed by atoms with Gasteiger partial charge in [-0.25, -0.2) is 0 Å². The van der Waals surface area contributed by atoms with Crippen LogP contribution < -0.4 is 0 Å². The zero-order valence-electron chi connectivity index (χ0n) is 15.1. The van der Waals surface area contributed by atoms with Crippen LogP contribution in [-0.2, 0) is 9.59 Å². The van der Waals surface area contributed by atoms with Crippen LogP contribution in [0, 0.1) is 11.8 Å². The van der Waals surface area contributed by atoms with E-state index in [2.05, 4.69) is 19.1 Å². The van der Waals surface area contributed by atoms with E-state index in [0.29, 0.717) is 6.42 Å². The van der Waals surface area contributed by atoms with Crippen molar-refractivity contribution in [1.82, 2.24) is 0 Å². The molecule has 1 saturated carbocycles. The van der Waals surface area contributed by atoms with Crippen LogP contribution in [0.25, 0.3) is 0 Å². The summed E-state index contributed by atoms with van der Waals surface area (Å²) < 4.78 is 0. The van der Waals surface area contributed by atoms with Crippen LogP contribution in [0.3, 0.4) is 0 Å². The van der Waals surface area contributed by atoms with Gasteiger partial charge in [-0.15, -0.1) is 0 Å². The molecule has 0 radical (unpaired) electrons. The first-order chi connectivity index (χ1) is 11.6. The van der Waals surface area contributed by atoms with E-state index in [9.17, 15) is 14.7 Å². The van der Waals surface area contributed by atoms with Gasteiger partial charge >= 0.3 is 5.97 Å². The Morgan fingerprint density at radius 3 is 2.54 bits per heavy atom. The molecule has 2 N–H and O–H groups in total. The van der Waals surface area contributed by atoms with Crippen LogP contribution in [0.1, 0.15) is 84.0 Å². The van der Waals surface area contributed by atoms with Crippen LogP contribution in [0.2, 0.25) is 0 Å². The van der Waals surface area contributed by atoms with Gasteiger partial charge in [0.2, 0.25) is 0 Å². The molecule has 0 aromatic heterocycles. The molecule has 0 spiro atoms. The minimum atomic E-state index is -0.742. The Labute approximate surface area is 146 Å². The molecule has 0 aromatic carbocycles. The Morgan fingerprint density at radius 2 is 1.83 bits per heavy atom. The van der Waals surface area contributed by atoms with Crippen molar-refractivity contribution in [3.8, 4) is 0 Å². The van der Waals surface area contributed by atoms with E-state index >= 15 is 0 Å². The Balaban J connectivity index is 2.30. The zero-order valence-corrected chi connectivity index (χ0v) is 15.1. The highest BCUT2D eigenvalue weighted by Crippen LogP contribution is 2.34. The number of carboxylic acid groups (broad SMARTS) is 1. The van der Waals surface area contributed by atoms with E-state index in [-0.39, 0.29) is 30.5 Å². The maximum atomic E-state index is 12.1. The molecular formula is C20H34O4. The normalized spacial score (nSPS) is 24.1. The van der Waals surface area contributed by atoms with Crippen molar-refractivity contribution >= 4 is 11.8 Å². The number of unbranched alkanes of at least 4 members (excludes halogenated alkanes) is 7. The summed E-state index contributed by atoms with van der Waals surface area (Å²) in [5, 5.41) is 18.7. The van der Waals surface area contributed by atoms with Crippen LogP contribution in [0.4, 0.5) is 0 Å². The second-order valence-corrected chi connectivity index (χ2v) is 7.05. The van der Waals surface area contributed by atoms with Crippen LogP contribution in [0.15, 0.2) is 12.2 Å². The molecule has 1 aliphatic rings. The molecule has 0 heterocycles. The average molecular weight is 338 g/mol. The standard InChI is InChI=1S/C20H34O4/c1-2-3-4-5-6-9-12-16-17(19(22)15-18(16)21)13-10-7-8-11-14-20(23)24/h9,12,16-18,21H,2-8,10-11,13-15H2,1H3,(H,23,24)/b12-9+/t16-,17-,18+/m1/s1. The van der Waals surface area contributed by atoms with Gasteiger partial charge in [-0.3, -0.25) is 9.59 Å². The summed E-state index contributed by atoms with van der Waals surface area (Å²) >= 11 is 0. The molecule has 0 saturated heterocycles. The van der Waals surface area contributed by atoms with Gasteiger partial charge in [-0.05, 0) is 25.7 Å². The largest absolute Gasteiger partial charge is 0.481 e. The topological polar surface area (TPSA) is 74.6 Å². The molecule has 1 fully saturated rings. The number of allylic oxidation sites excluding steroid dienone is 1. The van der Waals surface area contributed by atoms with Crippen molar-refractivity contribution in [3.05, 3.63) is 12.2 Å². The molecule has 0 amide bonds. The number of aliphatic hydroxyl groups excluding tert-OH is 1. The molecule has 4 nitrogen and oxygen atoms in total. The molecule has 3 atom stereocenters. The number of aliphatic hydroxyl groups is 1. The first-order valence-corrected chi connectivity index (χ1v) is 9.65. The van der Waals surface area contributed by atoms with Gasteiger partial charge in [0.25, 0.3) is 0 Å². The lowest BCUT2D eigenvalue weighted by atomic mass is 9.88. The van der Waals surface area contributed by atoms with Crippen molar-refractivity contribution in [2.75, 3.05) is 0 Å². The van der Waals surface area contributed by atoms with E-state index in [1.807, 2.05) is 0 Å². The first kappa shape index (κ1) is 20.9. The maximum absolute atomic E-state index is 12.1. The molecule has 0 aromatic rings. The number of aliphatic carboxylic acids is 1. The fraction of sp³-hybridized carbons (Fsp3) is 0.800. The van der Waals surface area contributed by atoms with E-state index in [1.54, 1.807) is 0 Å². The molecule has 138 valence electrons. The highest BCUT2D eigenvalue weighted by molar-refractivity contribution is 5.84. The van der Waals surface area contributed by atoms with Crippen LogP contribution >= 0.6 is 0 Å². The Hall–Kier alpha value is -1.16. The summed E-state index contributed by atoms with van der Waals surface area (Å²) in [6, 6.07) is 0. The van der Waals surface area contributed by atoms with Crippen molar-refractivity contribution in [3.63, 3.8) is 0 Å². The fourth-order valence-corrected chi connectivity index (χ4v) is 3.53. The quantitative estimate of drug-likeness (QED) is 0.383. The first-order valence-electron chi connectivity index (χ1n) is 9.65. The molecule has 1 rings (SSSR count). The molecule has 4 heteroatoms. The number of rotatable bonds is 13. The smallest absolute Gasteiger partial charge is 0.303 e. The van der Waals surface area contributed by atoms with E-state index < -0.39 is 12.1 Å². The summed E-state index contributed by atoms with van der Waals surface area (Å²) in [5.74, 6) is -0.629. The van der Waals surface area contributed by atoms with Crippen LogP contribution in [-0.4, -0.2) is 28.1 Å². The Bertz CT molecular complexity index is 402. The van der Waals surface area contributed by atoms with Crippen molar-refractivity contribution in [2.24, 2.45) is 11.8 Å². The lowest BCUT2D eigenvalue weighted by molar-refractivity contribution is -0.137. The number of carbonyl (C=O) groups is 2. The second kappa shape index (κ2) is 12.2. The van der Waals surface area contributed by atoms with Gasteiger partial charge < -0.3 is 10.2 Å². The lowest BCUT2D eigenvalue weighted by Gasteiger charge is -2.17. The monoisotopic (exact) mass is 338 g/mol. The maximum Gasteiger partial charge on any atom is 0.303 e. The molecule has 0 bridgehead atoms. The Morgan fingerprint density at radius 1 is 1.12 bits per heavy atom. The van der Waals surface area contributed by atoms with Crippen molar-refractivity contribution in [1.29, 1.82) is 0 Å². The minimum absolute atomic E-state index is 0.0253. The Kier molecular flexibility index (Phi) is 10.6. The molecule has 0 unspecified atom stereocenters. The molecule has 0 aliphatic heterocycles. The number of hydrogen-bond donors (Lipinski definition) is 2. The number of ketones is 1. The van der Waals surface area contributed by atoms with E-state index in [1.165, 1.54) is 25.7 Å². The summed E-state index contributed by atoms with van der Waals surface area (Å²) in [7, 11) is 0. The van der Waals surface area contributed by atoms with Crippen molar-refractivity contribution in [2.45, 2.75) is 90.1 Å². The lowest BCUT2D eigenvalue weighted by Crippen LogP contribution is -2.18. The second-order valence-electron chi connectivity index (χ2n) is 7.05. The van der Waals surface area contributed by atoms with Crippen molar-refractivity contribution < 1.29 is 19.8 Å². The highest BCUT2D eigenvalue weighted by Gasteiger charge is 2.39. The van der Waals surface area contributed by atoms with Gasteiger partial charge in [-0.1, -0.05) is 57.6 Å². The average Bonchev–Trinajstić information content (AvgIpc) is 2.80. The third-order valence-corrected chi connectivity index (χ3v) is 4.97. The summed E-state index contributed by atoms with van der Waals surface area (Å²) in [5.41, 5.74) is 0. The molecular weight excluding hydrogens is 304 g/mol. The van der Waals surface area contributed by atoms with E-state index in [0.717, 1.165) is 32.1 Å². The summed E-state index contributed by atoms with van der Waals surface area (Å²) in [6.07, 6.45) is 14.4. The molecule has 24 heavy (non-hydrogen) atoms. The van der Waals surface area contributed by atoms with Gasteiger partial charge in [0.05, 0.1) is 6.10 Å². The number of Topliss-reactive ketones (excluding diaryl/α,β-unsaturated/α-hetero) is 1. The number of carboxylic acids is 1. The van der Waals surface area contributed by atoms with Gasteiger partial charge in [0.15, 0.2) is 0 Å². The predicted octanol–water partition coefficient (Wildman–Crippen LogP) is 4.50. The summed E-state index contributed by atoms with van der Waals surface area (Å²) in [4.78, 5) is 22.6. The molecule has 1 aliphatic carbocycles. The highest BCUT2D eigenvalue weighted by atomic mass is 16.4. The van der Waals surface area contributed by atoms with Gasteiger partial charge in [-0.2, -0.15) is 0 Å². The number of carbonyl (C=O) groups excluding carboxylic acids is 1. The van der Waals surface area contributed by atoms with Crippen LogP contribution in [0.5, 0.6) is 0 Å². The third-order valence-electron chi connectivity index (χ3n) is 4.97. The number of hydrogen-bond acceptors (Lipinski definition) is 3. The van der Waals surface area contributed by atoms with Gasteiger partial charge in [0, 0.05) is 24.7 Å². The summed E-state index contributed by atoms with van der Waals surface area (Å²) in [6.45, 7) is 2.20. The van der Waals surface area contributed by atoms with Gasteiger partial charge in [0.1, 0.15) is 5.78 Å². The van der Waals surface area contributed by atoms with E-state index in [4.69, 9.17) is 5.11 Å². The SMILES string of the molecule is CCCCCC/C=C/[C@H]1[C@@H](O)CC(=O)[C@@H]1CCCCCCC(=O)O. The predicted molar refractivity (Wildman–Crippen MR) is 95.8 cm³/mol. The third kappa shape index (κ3) is 8.09.